The monoisotopic (exact) mass is 492 g/mol. The van der Waals surface area contributed by atoms with Crippen molar-refractivity contribution in [3.05, 3.63) is 0 Å². The molecule has 0 nitrogen and oxygen atoms in total. The molecule has 2 heteroatoms. The highest BCUT2D eigenvalue weighted by atomic mass is 79.9. The van der Waals surface area contributed by atoms with Gasteiger partial charge in [0.15, 0.2) is 0 Å². The minimum atomic E-state index is -0.678. The molecule has 0 aliphatic rings. The molecule has 0 unspecified atom stereocenters. The van der Waals surface area contributed by atoms with Crippen molar-refractivity contribution in [1.82, 2.24) is 0 Å². The van der Waals surface area contributed by atoms with Gasteiger partial charge in [-0.05, 0) is 51.4 Å². The fourth-order valence-electron chi connectivity index (χ4n) is 4.70. The highest BCUT2D eigenvalue weighted by molar-refractivity contribution is 7.75. The third kappa shape index (κ3) is 20.6. The fraction of sp³-hybridized carbons (Fsp3) is 1.00. The van der Waals surface area contributed by atoms with E-state index in [0.29, 0.717) is 0 Å². The summed E-state index contributed by atoms with van der Waals surface area (Å²) in [5.41, 5.74) is 0. The largest absolute Gasteiger partial charge is 1.00 e. The lowest BCUT2D eigenvalue weighted by Crippen LogP contribution is -3.00. The van der Waals surface area contributed by atoms with Crippen molar-refractivity contribution in [3.8, 4) is 0 Å². The molecular formula is C27H58BrP. The van der Waals surface area contributed by atoms with Crippen LogP contribution in [0.3, 0.4) is 0 Å². The standard InChI is InChI=1S/C27H58P.BrH/c1-5-9-13-17-18-19-23-27-28(24-20-14-10-6-2,25-21-15-11-7-3)26-22-16-12-8-4;/h5-27H2,1-4H3;1H/q+1;/p-1. The average molecular weight is 494 g/mol. The first-order valence-corrected chi connectivity index (χ1v) is 16.1. The van der Waals surface area contributed by atoms with Gasteiger partial charge in [-0.1, -0.05) is 98.3 Å². The molecule has 0 heterocycles. The normalized spacial score (nSPS) is 11.6. The molecule has 0 rings (SSSR count). The summed E-state index contributed by atoms with van der Waals surface area (Å²) in [5, 5.41) is 0. The zero-order valence-electron chi connectivity index (χ0n) is 21.1. The van der Waals surface area contributed by atoms with Crippen LogP contribution in [0.2, 0.25) is 0 Å². The predicted octanol–water partition coefficient (Wildman–Crippen LogP) is 7.50. The summed E-state index contributed by atoms with van der Waals surface area (Å²) in [6, 6.07) is 0. The molecule has 0 aromatic carbocycles. The topological polar surface area (TPSA) is 0 Å². The van der Waals surface area contributed by atoms with Gasteiger partial charge in [-0.2, -0.15) is 0 Å². The maximum atomic E-state index is 2.36. The van der Waals surface area contributed by atoms with Crippen molar-refractivity contribution in [3.63, 3.8) is 0 Å². The van der Waals surface area contributed by atoms with Gasteiger partial charge >= 0.3 is 0 Å². The number of hydrogen-bond acceptors (Lipinski definition) is 0. The van der Waals surface area contributed by atoms with Gasteiger partial charge in [-0.15, -0.1) is 0 Å². The fourth-order valence-corrected chi connectivity index (χ4v) is 9.62. The number of rotatable bonds is 23. The van der Waals surface area contributed by atoms with E-state index in [-0.39, 0.29) is 17.0 Å². The van der Waals surface area contributed by atoms with Crippen molar-refractivity contribution in [2.45, 2.75) is 150 Å². The SMILES string of the molecule is CCCCCCCCC[P+](CCCCCC)(CCCCCC)CCCCCC.[Br-]. The Bertz CT molecular complexity index is 261. The molecule has 0 atom stereocenters. The van der Waals surface area contributed by atoms with Crippen LogP contribution in [0.1, 0.15) is 150 Å². The van der Waals surface area contributed by atoms with Gasteiger partial charge in [0.1, 0.15) is 0 Å². The summed E-state index contributed by atoms with van der Waals surface area (Å²) in [4.78, 5) is 0. The van der Waals surface area contributed by atoms with Crippen LogP contribution in [-0.4, -0.2) is 24.6 Å². The molecule has 0 radical (unpaired) electrons. The van der Waals surface area contributed by atoms with E-state index in [1.807, 2.05) is 0 Å². The highest BCUT2D eigenvalue weighted by Gasteiger charge is 2.34. The lowest BCUT2D eigenvalue weighted by molar-refractivity contribution is -0.00000645. The van der Waals surface area contributed by atoms with E-state index in [1.54, 1.807) is 50.3 Å². The smallest absolute Gasteiger partial charge is 0.0594 e. The summed E-state index contributed by atoms with van der Waals surface area (Å²) < 4.78 is 0. The van der Waals surface area contributed by atoms with Crippen molar-refractivity contribution >= 4 is 7.26 Å². The van der Waals surface area contributed by atoms with Crippen LogP contribution in [0.15, 0.2) is 0 Å². The Hall–Kier alpha value is 0.910. The second-order valence-electron chi connectivity index (χ2n) is 9.54. The Morgan fingerprint density at radius 2 is 0.517 bits per heavy atom. The Morgan fingerprint density at radius 1 is 0.310 bits per heavy atom. The second-order valence-corrected chi connectivity index (χ2v) is 14.0. The molecule has 0 spiro atoms. The number of hydrogen-bond donors (Lipinski definition) is 0. The molecule has 0 saturated heterocycles. The highest BCUT2D eigenvalue weighted by Crippen LogP contribution is 2.61. The first-order valence-electron chi connectivity index (χ1n) is 13.6. The van der Waals surface area contributed by atoms with Gasteiger partial charge in [-0.3, -0.25) is 0 Å². The van der Waals surface area contributed by atoms with E-state index in [9.17, 15) is 0 Å². The summed E-state index contributed by atoms with van der Waals surface area (Å²) in [5.74, 6) is 0. The third-order valence-corrected chi connectivity index (χ3v) is 11.8. The molecule has 0 aromatic rings. The van der Waals surface area contributed by atoms with Crippen LogP contribution in [0.5, 0.6) is 0 Å². The van der Waals surface area contributed by atoms with Crippen LogP contribution < -0.4 is 17.0 Å². The van der Waals surface area contributed by atoms with Gasteiger partial charge in [0, 0.05) is 7.26 Å². The zero-order valence-corrected chi connectivity index (χ0v) is 23.6. The van der Waals surface area contributed by atoms with Crippen LogP contribution in [0.25, 0.3) is 0 Å². The molecular weight excluding hydrogens is 435 g/mol. The predicted molar refractivity (Wildman–Crippen MR) is 137 cm³/mol. The quantitative estimate of drug-likeness (QED) is 0.102. The molecule has 0 aliphatic heterocycles. The molecule has 0 amide bonds. The van der Waals surface area contributed by atoms with Crippen LogP contribution >= 0.6 is 7.26 Å². The number of unbranched alkanes of at least 4 members (excludes halogenated alkanes) is 15. The van der Waals surface area contributed by atoms with E-state index < -0.39 is 7.26 Å². The molecule has 0 fully saturated rings. The Kier molecular flexibility index (Phi) is 27.9. The molecule has 0 N–H and O–H groups in total. The Labute approximate surface area is 198 Å². The Morgan fingerprint density at radius 3 is 0.793 bits per heavy atom. The van der Waals surface area contributed by atoms with Crippen LogP contribution in [0.4, 0.5) is 0 Å². The van der Waals surface area contributed by atoms with E-state index in [0.717, 1.165) is 0 Å². The minimum absolute atomic E-state index is 0. The molecule has 0 aromatic heterocycles. The molecule has 178 valence electrons. The average Bonchev–Trinajstić information content (AvgIpc) is 2.71. The van der Waals surface area contributed by atoms with Gasteiger partial charge < -0.3 is 17.0 Å². The van der Waals surface area contributed by atoms with Crippen molar-refractivity contribution in [2.75, 3.05) is 24.6 Å². The molecule has 0 aliphatic carbocycles. The summed E-state index contributed by atoms with van der Waals surface area (Å²) in [6.07, 6.45) is 34.6. The van der Waals surface area contributed by atoms with Gasteiger partial charge in [0.25, 0.3) is 0 Å². The lowest BCUT2D eigenvalue weighted by Gasteiger charge is -2.28. The number of halogens is 1. The minimum Gasteiger partial charge on any atom is -1.00 e. The first-order chi connectivity index (χ1) is 13.7. The van der Waals surface area contributed by atoms with Crippen molar-refractivity contribution < 1.29 is 17.0 Å². The molecule has 29 heavy (non-hydrogen) atoms. The van der Waals surface area contributed by atoms with Gasteiger partial charge in [0.2, 0.25) is 0 Å². The van der Waals surface area contributed by atoms with Gasteiger partial charge in [0.05, 0.1) is 24.6 Å². The van der Waals surface area contributed by atoms with Crippen molar-refractivity contribution in [2.24, 2.45) is 0 Å². The first kappa shape index (κ1) is 32.1. The molecule has 0 bridgehead atoms. The van der Waals surface area contributed by atoms with Crippen molar-refractivity contribution in [1.29, 1.82) is 0 Å². The third-order valence-electron chi connectivity index (χ3n) is 6.69. The van der Waals surface area contributed by atoms with E-state index in [1.165, 1.54) is 96.3 Å². The lowest BCUT2D eigenvalue weighted by atomic mass is 10.1. The van der Waals surface area contributed by atoms with Crippen LogP contribution in [-0.2, 0) is 0 Å². The van der Waals surface area contributed by atoms with Gasteiger partial charge in [-0.25, -0.2) is 0 Å². The van der Waals surface area contributed by atoms with E-state index in [2.05, 4.69) is 27.7 Å². The van der Waals surface area contributed by atoms with Crippen LogP contribution in [0, 0.1) is 0 Å². The van der Waals surface area contributed by atoms with E-state index in [4.69, 9.17) is 0 Å². The van der Waals surface area contributed by atoms with E-state index >= 15 is 0 Å². The second kappa shape index (κ2) is 25.2. The zero-order chi connectivity index (χ0) is 20.8. The summed E-state index contributed by atoms with van der Waals surface area (Å²) in [7, 11) is -0.678. The summed E-state index contributed by atoms with van der Waals surface area (Å²) in [6.45, 7) is 9.40. The maximum Gasteiger partial charge on any atom is 0.0594 e. The summed E-state index contributed by atoms with van der Waals surface area (Å²) >= 11 is 0. The molecule has 0 saturated carbocycles. The maximum absolute atomic E-state index is 2.36. The Balaban J connectivity index is 0.